The molecule has 0 bridgehead atoms. The molecule has 0 unspecified atom stereocenters. The lowest BCUT2D eigenvalue weighted by Crippen LogP contribution is -2.18. The number of amides is 1. The Morgan fingerprint density at radius 1 is 0.673 bits per heavy atom. The number of halogens is 6. The predicted octanol–water partition coefficient (Wildman–Crippen LogP) is 9.19. The molecule has 2 N–H and O–H groups in total. The van der Waals surface area contributed by atoms with Gasteiger partial charge in [0.05, 0.1) is 0 Å². The number of rotatable bonds is 8. The van der Waals surface area contributed by atoms with Crippen LogP contribution in [-0.2, 0) is 0 Å². The van der Waals surface area contributed by atoms with Crippen molar-refractivity contribution in [3.8, 4) is 11.4 Å². The minimum atomic E-state index is -1.25. The molecule has 2 heterocycles. The zero-order valence-electron chi connectivity index (χ0n) is 24.9. The lowest BCUT2D eigenvalue weighted by atomic mass is 10.3. The lowest BCUT2D eigenvalue weighted by Gasteiger charge is -2.08. The molecule has 8 nitrogen and oxygen atoms in total. The van der Waals surface area contributed by atoms with Crippen LogP contribution in [0.4, 0.5) is 17.6 Å². The highest BCUT2D eigenvalue weighted by molar-refractivity contribution is 9.10. The third kappa shape index (κ3) is 9.00. The first-order chi connectivity index (χ1) is 23.4. The summed E-state index contributed by atoms with van der Waals surface area (Å²) in [5.74, 6) is -4.23. The second kappa shape index (κ2) is 15.9. The fourth-order valence-corrected chi connectivity index (χ4v) is 7.20. The van der Waals surface area contributed by atoms with Gasteiger partial charge in [-0.3, -0.25) is 4.79 Å². The molecular weight excluding hydrogens is 814 g/mol. The van der Waals surface area contributed by atoms with Crippen LogP contribution in [0.1, 0.15) is 21.0 Å². The molecule has 0 aliphatic carbocycles. The van der Waals surface area contributed by atoms with Gasteiger partial charge in [-0.1, -0.05) is 67.5 Å². The molecule has 49 heavy (non-hydrogen) atoms. The van der Waals surface area contributed by atoms with Crippen molar-refractivity contribution < 1.29 is 32.3 Å². The molecule has 0 spiro atoms. The topological polar surface area (TPSA) is 102 Å². The second-order valence-electron chi connectivity index (χ2n) is 9.75. The Kier molecular flexibility index (Phi) is 11.6. The van der Waals surface area contributed by atoms with Crippen LogP contribution in [0.15, 0.2) is 126 Å². The van der Waals surface area contributed by atoms with Gasteiger partial charge >= 0.3 is 5.97 Å². The number of aromatic nitrogens is 4. The molecule has 0 aliphatic rings. The summed E-state index contributed by atoms with van der Waals surface area (Å²) in [6.07, 6.45) is 0. The van der Waals surface area contributed by atoms with Crippen LogP contribution in [0, 0.1) is 23.3 Å². The smallest absolute Gasteiger partial charge is 0.356 e. The van der Waals surface area contributed by atoms with E-state index in [0.717, 1.165) is 59.8 Å². The van der Waals surface area contributed by atoms with E-state index in [2.05, 4.69) is 47.4 Å². The van der Waals surface area contributed by atoms with Gasteiger partial charge < -0.3 is 10.4 Å². The van der Waals surface area contributed by atoms with E-state index in [0.29, 0.717) is 10.1 Å². The van der Waals surface area contributed by atoms with Crippen LogP contribution < -0.4 is 5.32 Å². The van der Waals surface area contributed by atoms with Gasteiger partial charge in [0.15, 0.2) is 11.4 Å². The number of nitrogens with zero attached hydrogens (tertiary/aromatic N) is 4. The van der Waals surface area contributed by atoms with Crippen molar-refractivity contribution in [3.63, 3.8) is 0 Å². The van der Waals surface area contributed by atoms with Gasteiger partial charge in [0.1, 0.15) is 44.7 Å². The summed E-state index contributed by atoms with van der Waals surface area (Å²) in [6, 6.07) is 23.7. The maximum atomic E-state index is 14.2. The zero-order valence-corrected chi connectivity index (χ0v) is 29.7. The molecule has 6 aromatic rings. The Morgan fingerprint density at radius 3 is 1.55 bits per heavy atom. The highest BCUT2D eigenvalue weighted by Gasteiger charge is 2.20. The quantitative estimate of drug-likeness (QED) is 0.148. The minimum absolute atomic E-state index is 0.0624. The van der Waals surface area contributed by atoms with Crippen molar-refractivity contribution in [1.82, 2.24) is 24.9 Å². The van der Waals surface area contributed by atoms with Crippen LogP contribution in [0.25, 0.3) is 11.4 Å². The molecule has 1 amide bonds. The average Bonchev–Trinajstić information content (AvgIpc) is 3.68. The van der Waals surface area contributed by atoms with Crippen LogP contribution >= 0.6 is 55.4 Å². The molecule has 4 aromatic carbocycles. The monoisotopic (exact) mass is 833 g/mol. The number of benzene rings is 4. The highest BCUT2D eigenvalue weighted by atomic mass is 79.9. The molecule has 0 radical (unpaired) electrons. The second-order valence-corrected chi connectivity index (χ2v) is 13.8. The van der Waals surface area contributed by atoms with Crippen molar-refractivity contribution >= 4 is 67.3 Å². The van der Waals surface area contributed by atoms with Crippen LogP contribution in [0.5, 0.6) is 0 Å². The molecule has 250 valence electrons. The normalized spacial score (nSPS) is 10.8. The van der Waals surface area contributed by atoms with E-state index in [4.69, 9.17) is 5.11 Å². The fourth-order valence-electron chi connectivity index (χ4n) is 4.16. The Balaban J connectivity index is 0.000000191. The number of carbonyl (C=O) groups excluding carboxylic acids is 1. The molecule has 0 saturated carbocycles. The molecular formula is C33H21Br2F4N5O3S2. The first-order valence-corrected chi connectivity index (χ1v) is 17.1. The largest absolute Gasteiger partial charge is 0.476 e. The van der Waals surface area contributed by atoms with Crippen molar-refractivity contribution in [3.05, 3.63) is 141 Å². The van der Waals surface area contributed by atoms with E-state index >= 15 is 0 Å². The summed E-state index contributed by atoms with van der Waals surface area (Å²) in [5.41, 5.74) is -0.354. The van der Waals surface area contributed by atoms with E-state index < -0.39 is 35.1 Å². The Hall–Kier alpha value is -4.38. The van der Waals surface area contributed by atoms with Crippen molar-refractivity contribution in [2.45, 2.75) is 19.8 Å². The van der Waals surface area contributed by atoms with E-state index in [1.54, 1.807) is 0 Å². The maximum absolute atomic E-state index is 14.2. The third-order valence-electron chi connectivity index (χ3n) is 6.34. The van der Waals surface area contributed by atoms with E-state index in [1.165, 1.54) is 47.4 Å². The minimum Gasteiger partial charge on any atom is -0.476 e. The van der Waals surface area contributed by atoms with Gasteiger partial charge in [0.25, 0.3) is 5.91 Å². The van der Waals surface area contributed by atoms with Gasteiger partial charge in [-0.25, -0.2) is 31.7 Å². The number of carbonyl (C=O) groups is 2. The van der Waals surface area contributed by atoms with Crippen molar-refractivity contribution in [1.29, 1.82) is 0 Å². The number of hydrogen-bond acceptors (Lipinski definition) is 6. The van der Waals surface area contributed by atoms with Gasteiger partial charge in [0.2, 0.25) is 0 Å². The first kappa shape index (κ1) is 35.9. The Labute approximate surface area is 301 Å². The third-order valence-corrected chi connectivity index (χ3v) is 9.31. The number of nitrogens with one attached hydrogen (secondary N) is 1. The van der Waals surface area contributed by atoms with E-state index in [1.807, 2.05) is 48.5 Å². The number of hydrogen-bond donors (Lipinski definition) is 2. The van der Waals surface area contributed by atoms with E-state index in [-0.39, 0.29) is 22.8 Å². The summed E-state index contributed by atoms with van der Waals surface area (Å²) in [4.78, 5) is 24.7. The number of aromatic carboxylic acids is 1. The van der Waals surface area contributed by atoms with Gasteiger partial charge in [0, 0.05) is 50.0 Å². The van der Waals surface area contributed by atoms with Crippen molar-refractivity contribution in [2.75, 3.05) is 7.05 Å². The van der Waals surface area contributed by atoms with Crippen LogP contribution in [0.3, 0.4) is 0 Å². The molecule has 0 aliphatic heterocycles. The van der Waals surface area contributed by atoms with Crippen molar-refractivity contribution in [2.24, 2.45) is 0 Å². The van der Waals surface area contributed by atoms with Crippen LogP contribution in [0.2, 0.25) is 0 Å². The molecule has 0 fully saturated rings. The summed E-state index contributed by atoms with van der Waals surface area (Å²) in [7, 11) is 1.48. The maximum Gasteiger partial charge on any atom is 0.356 e. The zero-order chi connectivity index (χ0) is 35.2. The molecule has 0 atom stereocenters. The fraction of sp³-hybridized carbons (Fsp3) is 0.0303. The lowest BCUT2D eigenvalue weighted by molar-refractivity contribution is 0.0689. The van der Waals surface area contributed by atoms with Crippen LogP contribution in [-0.4, -0.2) is 43.6 Å². The molecule has 2 aromatic heterocycles. The van der Waals surface area contributed by atoms with Gasteiger partial charge in [-0.05, 0) is 60.7 Å². The number of carboxylic acid groups (broad SMARTS) is 1. The average molecular weight is 835 g/mol. The Morgan fingerprint density at radius 2 is 1.12 bits per heavy atom. The standard InChI is InChI=1S/C17H12BrF2N3OS.C16H9BrF2N2O2S/c1-21-17(24)14-9-16(25-12-4-2-3-10(18)7-12)23(22-14)15-8-11(19)5-6-13(15)20;17-9-2-1-3-11(6-9)24-15-8-13(16(22)23)20-21(15)14-7-10(18)4-5-12(14)19/h2-9H,1H3,(H,21,24);1-8H,(H,22,23). The SMILES string of the molecule is CNC(=O)c1cc(Sc2cccc(Br)c2)n(-c2cc(F)ccc2F)n1.O=C(O)c1cc(Sc2cccc(Br)c2)n(-c2cc(F)ccc2F)n1. The summed E-state index contributed by atoms with van der Waals surface area (Å²) >= 11 is 9.22. The number of carboxylic acids is 1. The highest BCUT2D eigenvalue weighted by Crippen LogP contribution is 2.34. The van der Waals surface area contributed by atoms with Gasteiger partial charge in [-0.15, -0.1) is 0 Å². The summed E-state index contributed by atoms with van der Waals surface area (Å²) < 4.78 is 59.3. The molecule has 0 saturated heterocycles. The summed E-state index contributed by atoms with van der Waals surface area (Å²) in [6.45, 7) is 0. The van der Waals surface area contributed by atoms with E-state index in [9.17, 15) is 27.2 Å². The van der Waals surface area contributed by atoms with Gasteiger partial charge in [-0.2, -0.15) is 10.2 Å². The Bertz CT molecular complexity index is 2180. The molecule has 6 rings (SSSR count). The first-order valence-electron chi connectivity index (χ1n) is 13.8. The summed E-state index contributed by atoms with van der Waals surface area (Å²) in [5, 5.41) is 20.5. The predicted molar refractivity (Wildman–Crippen MR) is 184 cm³/mol. The molecule has 16 heteroatoms.